The van der Waals surface area contributed by atoms with Crippen molar-refractivity contribution in [2.24, 2.45) is 0 Å². The zero-order valence-electron chi connectivity index (χ0n) is 10.1. The van der Waals surface area contributed by atoms with E-state index in [2.05, 4.69) is 14.9 Å². The van der Waals surface area contributed by atoms with Crippen LogP contribution in [0.25, 0.3) is 0 Å². The summed E-state index contributed by atoms with van der Waals surface area (Å²) in [6.45, 7) is 7.91. The molecule has 0 aromatic heterocycles. The molecule has 3 aliphatic heterocycles. The number of morpholine rings is 1. The second-order valence-corrected chi connectivity index (χ2v) is 5.10. The second kappa shape index (κ2) is 5.00. The third-order valence-electron chi connectivity index (χ3n) is 4.12. The van der Waals surface area contributed by atoms with Crippen molar-refractivity contribution in [3.63, 3.8) is 0 Å². The quantitative estimate of drug-likeness (QED) is 0.690. The fraction of sp³-hybridized carbons (Fsp3) is 1.00. The van der Waals surface area contributed by atoms with Gasteiger partial charge in [0, 0.05) is 32.7 Å². The molecule has 92 valence electrons. The van der Waals surface area contributed by atoms with Gasteiger partial charge in [-0.05, 0) is 19.3 Å². The number of rotatable bonds is 2. The summed E-state index contributed by atoms with van der Waals surface area (Å²) in [6.07, 6.45) is 6.21. The van der Waals surface area contributed by atoms with E-state index in [-0.39, 0.29) is 0 Å². The minimum Gasteiger partial charge on any atom is -0.379 e. The Labute approximate surface area is 98.1 Å². The first-order chi connectivity index (χ1) is 7.95. The summed E-state index contributed by atoms with van der Waals surface area (Å²) in [7, 11) is 0. The molecular formula is C12H23N3O. The first-order valence-corrected chi connectivity index (χ1v) is 6.78. The normalized spacial score (nSPS) is 34.9. The molecule has 0 bridgehead atoms. The molecule has 0 aromatic carbocycles. The number of ether oxygens (including phenoxy) is 1. The average molecular weight is 225 g/mol. The maximum absolute atomic E-state index is 5.43. The zero-order valence-corrected chi connectivity index (χ0v) is 10.1. The topological polar surface area (TPSA) is 19.0 Å². The van der Waals surface area contributed by atoms with E-state index in [1.54, 1.807) is 0 Å². The summed E-state index contributed by atoms with van der Waals surface area (Å²) < 4.78 is 5.43. The molecule has 3 saturated heterocycles. The first kappa shape index (κ1) is 11.0. The molecule has 0 aliphatic carbocycles. The van der Waals surface area contributed by atoms with Crippen LogP contribution in [-0.2, 0) is 4.74 Å². The number of hydrogen-bond acceptors (Lipinski definition) is 4. The Kier molecular flexibility index (Phi) is 3.43. The van der Waals surface area contributed by atoms with Crippen LogP contribution in [0.4, 0.5) is 0 Å². The van der Waals surface area contributed by atoms with Crippen LogP contribution >= 0.6 is 0 Å². The first-order valence-electron chi connectivity index (χ1n) is 6.78. The molecule has 1 atom stereocenters. The van der Waals surface area contributed by atoms with Crippen molar-refractivity contribution in [2.75, 3.05) is 45.9 Å². The van der Waals surface area contributed by atoms with E-state index in [0.717, 1.165) is 26.3 Å². The lowest BCUT2D eigenvalue weighted by Crippen LogP contribution is -2.65. The summed E-state index contributed by atoms with van der Waals surface area (Å²) in [5.74, 6) is 0. The van der Waals surface area contributed by atoms with E-state index in [9.17, 15) is 0 Å². The highest BCUT2D eigenvalue weighted by Crippen LogP contribution is 2.26. The minimum absolute atomic E-state index is 0.682. The van der Waals surface area contributed by atoms with Gasteiger partial charge in [0.15, 0.2) is 0 Å². The number of piperidine rings is 1. The fourth-order valence-corrected chi connectivity index (χ4v) is 3.07. The second-order valence-electron chi connectivity index (χ2n) is 5.10. The van der Waals surface area contributed by atoms with Crippen LogP contribution in [-0.4, -0.2) is 67.0 Å². The van der Waals surface area contributed by atoms with Gasteiger partial charge in [-0.15, -0.1) is 0 Å². The van der Waals surface area contributed by atoms with E-state index in [4.69, 9.17) is 4.74 Å². The third-order valence-corrected chi connectivity index (χ3v) is 4.12. The smallest absolute Gasteiger partial charge is 0.0774 e. The van der Waals surface area contributed by atoms with Crippen molar-refractivity contribution in [2.45, 2.75) is 31.8 Å². The predicted octanol–water partition coefficient (Wildman–Crippen LogP) is 0.751. The number of hydrogen-bond donors (Lipinski definition) is 0. The Morgan fingerprint density at radius 3 is 2.19 bits per heavy atom. The molecule has 3 heterocycles. The summed E-state index contributed by atoms with van der Waals surface area (Å²) in [4.78, 5) is 2.60. The maximum atomic E-state index is 5.43. The Balaban J connectivity index is 1.55. The molecule has 3 rings (SSSR count). The third kappa shape index (κ3) is 2.12. The number of nitrogens with zero attached hydrogens (tertiary/aromatic N) is 3. The van der Waals surface area contributed by atoms with Crippen LogP contribution < -0.4 is 0 Å². The molecule has 4 heteroatoms. The van der Waals surface area contributed by atoms with E-state index >= 15 is 0 Å². The van der Waals surface area contributed by atoms with Gasteiger partial charge >= 0.3 is 0 Å². The van der Waals surface area contributed by atoms with Crippen LogP contribution in [0.5, 0.6) is 0 Å². The van der Waals surface area contributed by atoms with Crippen molar-refractivity contribution in [3.8, 4) is 0 Å². The standard InChI is InChI=1S/C12H23N3O/c1-2-5-14(6-3-1)15-7-4-12(15)13-8-10-16-11-9-13/h12H,1-11H2. The van der Waals surface area contributed by atoms with Gasteiger partial charge in [0.25, 0.3) is 0 Å². The minimum atomic E-state index is 0.682. The summed E-state index contributed by atoms with van der Waals surface area (Å²) >= 11 is 0. The molecule has 4 nitrogen and oxygen atoms in total. The molecule has 3 aliphatic rings. The molecule has 1 unspecified atom stereocenters. The molecule has 0 spiro atoms. The van der Waals surface area contributed by atoms with Gasteiger partial charge in [-0.3, -0.25) is 4.90 Å². The van der Waals surface area contributed by atoms with Crippen molar-refractivity contribution in [1.82, 2.24) is 14.9 Å². The molecule has 0 radical (unpaired) electrons. The van der Waals surface area contributed by atoms with E-state index in [1.807, 2.05) is 0 Å². The lowest BCUT2D eigenvalue weighted by molar-refractivity contribution is -0.190. The Morgan fingerprint density at radius 1 is 0.812 bits per heavy atom. The Hall–Kier alpha value is -0.160. The van der Waals surface area contributed by atoms with E-state index in [1.165, 1.54) is 45.3 Å². The summed E-state index contributed by atoms with van der Waals surface area (Å²) in [5.41, 5.74) is 0. The largest absolute Gasteiger partial charge is 0.379 e. The van der Waals surface area contributed by atoms with Gasteiger partial charge in [-0.1, -0.05) is 6.42 Å². The molecule has 0 amide bonds. The molecule has 16 heavy (non-hydrogen) atoms. The predicted molar refractivity (Wildman–Crippen MR) is 62.9 cm³/mol. The Morgan fingerprint density at radius 2 is 1.56 bits per heavy atom. The highest BCUT2D eigenvalue weighted by Gasteiger charge is 2.37. The molecule has 0 aromatic rings. The number of hydrazine groups is 1. The molecule has 0 N–H and O–H groups in total. The lowest BCUT2D eigenvalue weighted by Gasteiger charge is -2.53. The van der Waals surface area contributed by atoms with Crippen LogP contribution in [0.3, 0.4) is 0 Å². The van der Waals surface area contributed by atoms with Crippen molar-refractivity contribution >= 4 is 0 Å². The van der Waals surface area contributed by atoms with Gasteiger partial charge in [-0.2, -0.15) is 0 Å². The summed E-state index contributed by atoms with van der Waals surface area (Å²) in [5, 5.41) is 5.19. The zero-order chi connectivity index (χ0) is 10.8. The van der Waals surface area contributed by atoms with Crippen molar-refractivity contribution < 1.29 is 4.74 Å². The summed E-state index contributed by atoms with van der Waals surface area (Å²) in [6, 6.07) is 0. The van der Waals surface area contributed by atoms with Gasteiger partial charge in [0.05, 0.1) is 19.4 Å². The van der Waals surface area contributed by atoms with E-state index < -0.39 is 0 Å². The van der Waals surface area contributed by atoms with Crippen molar-refractivity contribution in [3.05, 3.63) is 0 Å². The lowest BCUT2D eigenvalue weighted by atomic mass is 10.1. The molecular weight excluding hydrogens is 202 g/mol. The fourth-order valence-electron chi connectivity index (χ4n) is 3.07. The highest BCUT2D eigenvalue weighted by atomic mass is 16.5. The highest BCUT2D eigenvalue weighted by molar-refractivity contribution is 4.84. The monoisotopic (exact) mass is 225 g/mol. The van der Waals surface area contributed by atoms with Crippen LogP contribution in [0.15, 0.2) is 0 Å². The van der Waals surface area contributed by atoms with Crippen LogP contribution in [0.1, 0.15) is 25.7 Å². The van der Waals surface area contributed by atoms with Crippen molar-refractivity contribution in [1.29, 1.82) is 0 Å². The van der Waals surface area contributed by atoms with E-state index in [0.29, 0.717) is 6.17 Å². The molecule has 0 saturated carbocycles. The van der Waals surface area contributed by atoms with Crippen LogP contribution in [0, 0.1) is 0 Å². The van der Waals surface area contributed by atoms with Gasteiger partial charge in [0.2, 0.25) is 0 Å². The van der Waals surface area contributed by atoms with Gasteiger partial charge < -0.3 is 4.74 Å². The average Bonchev–Trinajstić information content (AvgIpc) is 2.30. The Bertz CT molecular complexity index is 200. The SMILES string of the molecule is C1CCN(N2CCC2N2CCOCC2)CC1. The van der Waals surface area contributed by atoms with Gasteiger partial charge in [-0.25, -0.2) is 10.0 Å². The maximum Gasteiger partial charge on any atom is 0.0774 e. The van der Waals surface area contributed by atoms with Gasteiger partial charge in [0.1, 0.15) is 0 Å². The van der Waals surface area contributed by atoms with Crippen LogP contribution in [0.2, 0.25) is 0 Å². The molecule has 3 fully saturated rings.